The molecule has 4 heterocycles. The predicted octanol–water partition coefficient (Wildman–Crippen LogP) is 2.56. The summed E-state index contributed by atoms with van der Waals surface area (Å²) in [6.07, 6.45) is 7.59. The van der Waals surface area contributed by atoms with Gasteiger partial charge in [0.1, 0.15) is 28.7 Å². The number of imidazole rings is 1. The molecule has 1 aromatic carbocycles. The van der Waals surface area contributed by atoms with Crippen LogP contribution in [0.2, 0.25) is 0 Å². The molecule has 11 heteroatoms. The van der Waals surface area contributed by atoms with E-state index in [9.17, 15) is 19.8 Å². The topological polar surface area (TPSA) is 159 Å². The minimum absolute atomic E-state index is 0.101. The van der Waals surface area contributed by atoms with Crippen molar-refractivity contribution >= 4 is 29.0 Å². The van der Waals surface area contributed by atoms with E-state index in [1.807, 2.05) is 28.7 Å². The van der Waals surface area contributed by atoms with Crippen LogP contribution in [0.4, 0.5) is 11.6 Å². The normalized spacial score (nSPS) is 18.1. The van der Waals surface area contributed by atoms with Crippen LogP contribution in [0, 0.1) is 0 Å². The first-order valence-corrected chi connectivity index (χ1v) is 13.5. The molecule has 1 aliphatic carbocycles. The third kappa shape index (κ3) is 5.01. The second-order valence-electron chi connectivity index (χ2n) is 10.5. The van der Waals surface area contributed by atoms with Gasteiger partial charge >= 0.3 is 0 Å². The smallest absolute Gasteiger partial charge is 0.256 e. The van der Waals surface area contributed by atoms with Crippen LogP contribution >= 0.6 is 0 Å². The minimum Gasteiger partial charge on any atom is -0.393 e. The number of benzene rings is 1. The number of nitrogens with zero attached hydrogens (tertiary/aromatic N) is 5. The minimum atomic E-state index is -1.43. The van der Waals surface area contributed by atoms with Crippen LogP contribution < -0.4 is 11.1 Å². The SMILES string of the molecule is Nc1nccn2c(C3CCCN(C(=O)C(O)CO)C3)nc(-c3ccc(C(=O)Nc4cc(C5CC5)ccn4)cc3)c12. The molecule has 4 aromatic rings. The molecule has 3 aromatic heterocycles. The number of nitrogen functional groups attached to an aromatic ring is 1. The summed E-state index contributed by atoms with van der Waals surface area (Å²) in [7, 11) is 0. The number of anilines is 2. The maximum absolute atomic E-state index is 12.9. The van der Waals surface area contributed by atoms with Gasteiger partial charge in [-0.25, -0.2) is 15.0 Å². The lowest BCUT2D eigenvalue weighted by Crippen LogP contribution is -2.45. The number of aliphatic hydroxyl groups excluding tert-OH is 2. The van der Waals surface area contributed by atoms with Gasteiger partial charge in [0.25, 0.3) is 11.8 Å². The van der Waals surface area contributed by atoms with E-state index in [1.165, 1.54) is 18.4 Å². The van der Waals surface area contributed by atoms with E-state index >= 15 is 0 Å². The number of fused-ring (bicyclic) bond motifs is 1. The molecule has 2 atom stereocenters. The fraction of sp³-hybridized carbons (Fsp3) is 0.345. The molecule has 2 unspecified atom stereocenters. The van der Waals surface area contributed by atoms with Gasteiger partial charge in [0.05, 0.1) is 6.61 Å². The largest absolute Gasteiger partial charge is 0.393 e. The summed E-state index contributed by atoms with van der Waals surface area (Å²) in [6, 6.07) is 11.1. The lowest BCUT2D eigenvalue weighted by molar-refractivity contribution is -0.143. The summed E-state index contributed by atoms with van der Waals surface area (Å²) >= 11 is 0. The van der Waals surface area contributed by atoms with Crippen LogP contribution in [0.5, 0.6) is 0 Å². The average molecular weight is 542 g/mol. The highest BCUT2D eigenvalue weighted by molar-refractivity contribution is 6.04. The average Bonchev–Trinajstić information content (AvgIpc) is 3.77. The van der Waals surface area contributed by atoms with Crippen molar-refractivity contribution in [3.63, 3.8) is 0 Å². The van der Waals surface area contributed by atoms with Crippen molar-refractivity contribution < 1.29 is 19.8 Å². The number of rotatable bonds is 7. The van der Waals surface area contributed by atoms with Crippen LogP contribution in [0.1, 0.15) is 59.3 Å². The Morgan fingerprint density at radius 2 is 1.88 bits per heavy atom. The summed E-state index contributed by atoms with van der Waals surface area (Å²) in [4.78, 5) is 40.5. The van der Waals surface area contributed by atoms with E-state index in [2.05, 4.69) is 15.3 Å². The molecular weight excluding hydrogens is 510 g/mol. The molecule has 40 heavy (non-hydrogen) atoms. The van der Waals surface area contributed by atoms with Gasteiger partial charge in [-0.2, -0.15) is 0 Å². The summed E-state index contributed by atoms with van der Waals surface area (Å²) in [5, 5.41) is 22.0. The van der Waals surface area contributed by atoms with Crippen LogP contribution in [0.15, 0.2) is 55.0 Å². The first-order valence-electron chi connectivity index (χ1n) is 13.5. The molecule has 1 saturated heterocycles. The van der Waals surface area contributed by atoms with Gasteiger partial charge in [-0.15, -0.1) is 0 Å². The molecule has 11 nitrogen and oxygen atoms in total. The van der Waals surface area contributed by atoms with Gasteiger partial charge in [-0.05, 0) is 61.4 Å². The van der Waals surface area contributed by atoms with E-state index in [4.69, 9.17) is 10.7 Å². The second kappa shape index (κ2) is 10.7. The van der Waals surface area contributed by atoms with Gasteiger partial charge in [-0.1, -0.05) is 12.1 Å². The number of hydrogen-bond donors (Lipinski definition) is 4. The van der Waals surface area contributed by atoms with Crippen molar-refractivity contribution in [2.45, 2.75) is 43.6 Å². The fourth-order valence-corrected chi connectivity index (χ4v) is 5.41. The monoisotopic (exact) mass is 541 g/mol. The maximum Gasteiger partial charge on any atom is 0.256 e. The Bertz CT molecular complexity index is 1560. The number of nitrogens with two attached hydrogens (primary N) is 1. The first-order chi connectivity index (χ1) is 19.4. The van der Waals surface area contributed by atoms with Gasteiger partial charge in [0.2, 0.25) is 0 Å². The molecule has 2 fully saturated rings. The first kappa shape index (κ1) is 25.9. The number of carbonyl (C=O) groups excluding carboxylic acids is 2. The predicted molar refractivity (Wildman–Crippen MR) is 149 cm³/mol. The number of pyridine rings is 1. The Morgan fingerprint density at radius 3 is 2.62 bits per heavy atom. The third-order valence-electron chi connectivity index (χ3n) is 7.66. The molecule has 1 saturated carbocycles. The van der Waals surface area contributed by atoms with Gasteiger partial charge < -0.3 is 26.2 Å². The number of nitrogens with one attached hydrogen (secondary N) is 1. The zero-order valence-electron chi connectivity index (χ0n) is 21.9. The molecule has 206 valence electrons. The number of aromatic nitrogens is 4. The number of carbonyl (C=O) groups is 2. The van der Waals surface area contributed by atoms with Crippen molar-refractivity contribution in [2.24, 2.45) is 0 Å². The lowest BCUT2D eigenvalue weighted by Gasteiger charge is -2.33. The van der Waals surface area contributed by atoms with Gasteiger partial charge in [0, 0.05) is 48.7 Å². The molecular formula is C29H31N7O4. The van der Waals surface area contributed by atoms with Gasteiger partial charge in [-0.3, -0.25) is 14.0 Å². The van der Waals surface area contributed by atoms with Crippen LogP contribution in [-0.2, 0) is 4.79 Å². The van der Waals surface area contributed by atoms with Crippen molar-refractivity contribution in [3.05, 3.63) is 71.9 Å². The number of piperidine rings is 1. The van der Waals surface area contributed by atoms with Crippen molar-refractivity contribution in [1.82, 2.24) is 24.3 Å². The molecule has 2 amide bonds. The number of likely N-dealkylation sites (tertiary alicyclic amines) is 1. The van der Waals surface area contributed by atoms with Crippen LogP contribution in [-0.4, -0.2) is 72.1 Å². The highest BCUT2D eigenvalue weighted by Crippen LogP contribution is 2.40. The Balaban J connectivity index is 1.26. The molecule has 6 rings (SSSR count). The quantitative estimate of drug-likeness (QED) is 0.278. The summed E-state index contributed by atoms with van der Waals surface area (Å²) in [6.45, 7) is 0.262. The Labute approximate surface area is 230 Å². The number of amides is 2. The molecule has 0 radical (unpaired) electrons. The van der Waals surface area contributed by atoms with E-state index in [1.54, 1.807) is 35.6 Å². The fourth-order valence-electron chi connectivity index (χ4n) is 5.41. The standard InChI is InChI=1S/C29H31N7O4/c30-26-25-24(18-5-7-19(8-6-18)28(39)33-23-14-20(9-10-31-23)17-3-4-17)34-27(36(25)13-11-32-26)21-2-1-12-35(15-21)29(40)22(38)16-37/h5-11,13-14,17,21-22,37-38H,1-4,12,15-16H2,(H2,30,32)(H,31,33,39). The lowest BCUT2D eigenvalue weighted by atomic mass is 9.96. The molecule has 0 spiro atoms. The zero-order chi connectivity index (χ0) is 27.8. The Kier molecular flexibility index (Phi) is 6.91. The molecule has 2 aliphatic rings. The van der Waals surface area contributed by atoms with E-state index in [0.717, 1.165) is 24.2 Å². The highest BCUT2D eigenvalue weighted by Gasteiger charge is 2.31. The molecule has 5 N–H and O–H groups in total. The van der Waals surface area contributed by atoms with E-state index in [-0.39, 0.29) is 11.8 Å². The Morgan fingerprint density at radius 1 is 1.07 bits per heavy atom. The van der Waals surface area contributed by atoms with Crippen molar-refractivity contribution in [1.29, 1.82) is 0 Å². The molecule has 0 bridgehead atoms. The highest BCUT2D eigenvalue weighted by atomic mass is 16.3. The Hall–Kier alpha value is -4.35. The van der Waals surface area contributed by atoms with Crippen molar-refractivity contribution in [2.75, 3.05) is 30.7 Å². The summed E-state index contributed by atoms with van der Waals surface area (Å²) in [5.74, 6) is 1.32. The molecule has 1 aliphatic heterocycles. The van der Waals surface area contributed by atoms with Crippen molar-refractivity contribution in [3.8, 4) is 11.3 Å². The second-order valence-corrected chi connectivity index (χ2v) is 10.5. The van der Waals surface area contributed by atoms with Gasteiger partial charge in [0.15, 0.2) is 6.10 Å². The number of hydrogen-bond acceptors (Lipinski definition) is 8. The maximum atomic E-state index is 12.9. The van der Waals surface area contributed by atoms with E-state index in [0.29, 0.717) is 47.4 Å². The summed E-state index contributed by atoms with van der Waals surface area (Å²) < 4.78 is 1.90. The van der Waals surface area contributed by atoms with E-state index < -0.39 is 18.6 Å². The third-order valence-corrected chi connectivity index (χ3v) is 7.66. The van der Waals surface area contributed by atoms with Crippen LogP contribution in [0.25, 0.3) is 16.8 Å². The zero-order valence-corrected chi connectivity index (χ0v) is 21.9. The van der Waals surface area contributed by atoms with Crippen LogP contribution in [0.3, 0.4) is 0 Å². The summed E-state index contributed by atoms with van der Waals surface area (Å²) in [5.41, 5.74) is 10.0. The number of aliphatic hydroxyl groups is 2.